The Morgan fingerprint density at radius 3 is 2.66 bits per heavy atom. The fourth-order valence-electron chi connectivity index (χ4n) is 3.07. The van der Waals surface area contributed by atoms with Crippen molar-refractivity contribution in [3.05, 3.63) is 59.9 Å². The lowest BCUT2D eigenvalue weighted by Crippen LogP contribution is -3.08. The van der Waals surface area contributed by atoms with E-state index in [9.17, 15) is 17.6 Å². The van der Waals surface area contributed by atoms with Gasteiger partial charge in [-0.2, -0.15) is 0 Å². The molecule has 0 saturated heterocycles. The van der Waals surface area contributed by atoms with Crippen LogP contribution in [0.4, 0.5) is 10.1 Å². The molecule has 2 aromatic carbocycles. The number of carbonyl (C=O) groups excluding carboxylic acids is 1. The summed E-state index contributed by atoms with van der Waals surface area (Å²) in [5.41, 5.74) is 1.33. The fourth-order valence-corrected chi connectivity index (χ4v) is 4.20. The zero-order valence-electron chi connectivity index (χ0n) is 16.1. The Morgan fingerprint density at radius 2 is 1.97 bits per heavy atom. The molecule has 0 radical (unpaired) electrons. The summed E-state index contributed by atoms with van der Waals surface area (Å²) in [6, 6.07) is 12.3. The van der Waals surface area contributed by atoms with Crippen molar-refractivity contribution in [1.29, 1.82) is 0 Å². The normalized spacial score (nSPS) is 14.9. The topological polar surface area (TPSA) is 92.1 Å². The van der Waals surface area contributed by atoms with E-state index in [2.05, 4.69) is 15.0 Å². The summed E-state index contributed by atoms with van der Waals surface area (Å²) in [6.07, 6.45) is 1.44. The Morgan fingerprint density at radius 1 is 1.21 bits per heavy atom. The number of hydrogen-bond donors (Lipinski definition) is 3. The van der Waals surface area contributed by atoms with E-state index < -0.39 is 10.0 Å². The Balaban J connectivity index is 1.58. The van der Waals surface area contributed by atoms with Crippen molar-refractivity contribution >= 4 is 27.5 Å². The van der Waals surface area contributed by atoms with E-state index in [4.69, 9.17) is 0 Å². The zero-order chi connectivity index (χ0) is 20.9. The maximum atomic E-state index is 13.0. The van der Waals surface area contributed by atoms with Crippen LogP contribution in [0.2, 0.25) is 0 Å². The minimum Gasteiger partial charge on any atom is -0.326 e. The van der Waals surface area contributed by atoms with Crippen LogP contribution in [0.3, 0.4) is 0 Å². The van der Waals surface area contributed by atoms with Gasteiger partial charge in [0.2, 0.25) is 0 Å². The van der Waals surface area contributed by atoms with Gasteiger partial charge in [0.15, 0.2) is 6.54 Å². The van der Waals surface area contributed by atoms with Crippen LogP contribution in [0.25, 0.3) is 0 Å². The highest BCUT2D eigenvalue weighted by Gasteiger charge is 2.19. The monoisotopic (exact) mass is 419 g/mol. The van der Waals surface area contributed by atoms with Crippen LogP contribution in [-0.4, -0.2) is 40.3 Å². The number of amidine groups is 1. The largest absolute Gasteiger partial charge is 0.326 e. The standard InChI is InChI=1S/C20H23FN4O3S/c1-25(13-15-7-9-16(21)10-8-15)14-20(26)23-17-4-2-5-18(12-17)29(27,28)24-19-6-3-11-22-19/h2,4-5,7-10,12H,3,6,11,13-14H2,1H3,(H,22,24)(H,23,26)/p+1. The van der Waals surface area contributed by atoms with Crippen molar-refractivity contribution in [3.8, 4) is 0 Å². The number of sulfonamides is 1. The first-order chi connectivity index (χ1) is 13.8. The maximum absolute atomic E-state index is 13.0. The molecule has 1 amide bonds. The van der Waals surface area contributed by atoms with Crippen molar-refractivity contribution < 1.29 is 22.5 Å². The van der Waals surface area contributed by atoms with Crippen LogP contribution in [0, 0.1) is 5.82 Å². The lowest BCUT2D eigenvalue weighted by molar-refractivity contribution is -0.885. The molecule has 9 heteroatoms. The molecule has 1 aliphatic rings. The number of quaternary nitrogens is 1. The first-order valence-electron chi connectivity index (χ1n) is 9.34. The molecule has 1 heterocycles. The molecule has 0 spiro atoms. The van der Waals surface area contributed by atoms with Gasteiger partial charge in [-0.25, -0.2) is 12.8 Å². The molecule has 0 aromatic heterocycles. The first-order valence-corrected chi connectivity index (χ1v) is 10.8. The average molecular weight is 420 g/mol. The molecule has 1 atom stereocenters. The number of carbonyl (C=O) groups is 1. The van der Waals surface area contributed by atoms with Gasteiger partial charge >= 0.3 is 0 Å². The molecule has 1 unspecified atom stereocenters. The first kappa shape index (κ1) is 20.9. The van der Waals surface area contributed by atoms with E-state index in [0.29, 0.717) is 31.0 Å². The van der Waals surface area contributed by atoms with E-state index >= 15 is 0 Å². The van der Waals surface area contributed by atoms with Crippen LogP contribution >= 0.6 is 0 Å². The predicted octanol–water partition coefficient (Wildman–Crippen LogP) is 0.950. The highest BCUT2D eigenvalue weighted by atomic mass is 32.2. The number of nitrogens with zero attached hydrogens (tertiary/aromatic N) is 1. The maximum Gasteiger partial charge on any atom is 0.279 e. The molecule has 1 aliphatic heterocycles. The third kappa shape index (κ3) is 6.10. The Kier molecular flexibility index (Phi) is 6.60. The third-order valence-corrected chi connectivity index (χ3v) is 5.82. The molecule has 3 rings (SSSR count). The van der Waals surface area contributed by atoms with Crippen LogP contribution in [0.5, 0.6) is 0 Å². The molecule has 0 fully saturated rings. The lowest BCUT2D eigenvalue weighted by Gasteiger charge is -2.14. The number of benzene rings is 2. The lowest BCUT2D eigenvalue weighted by atomic mass is 10.2. The van der Waals surface area contributed by atoms with Crippen LogP contribution < -0.4 is 14.9 Å². The molecular weight excluding hydrogens is 395 g/mol. The second-order valence-electron chi connectivity index (χ2n) is 7.05. The fraction of sp³-hybridized carbons (Fsp3) is 0.300. The van der Waals surface area contributed by atoms with Gasteiger partial charge in [0.1, 0.15) is 18.2 Å². The van der Waals surface area contributed by atoms with E-state index in [-0.39, 0.29) is 23.2 Å². The summed E-state index contributed by atoms with van der Waals surface area (Å²) in [6.45, 7) is 1.37. The molecule has 3 N–H and O–H groups in total. The summed E-state index contributed by atoms with van der Waals surface area (Å²) in [5, 5.41) is 2.73. The summed E-state index contributed by atoms with van der Waals surface area (Å²) >= 11 is 0. The number of halogens is 1. The summed E-state index contributed by atoms with van der Waals surface area (Å²) in [4.78, 5) is 17.4. The Labute approximate surface area is 169 Å². The van der Waals surface area contributed by atoms with Gasteiger partial charge in [0.25, 0.3) is 15.9 Å². The SMILES string of the molecule is C[NH+](CC(=O)Nc1cccc(S(=O)(=O)NC2=NCCC2)c1)Cc1ccc(F)cc1. The molecule has 154 valence electrons. The van der Waals surface area contributed by atoms with E-state index in [0.717, 1.165) is 16.9 Å². The van der Waals surface area contributed by atoms with Crippen molar-refractivity contribution in [2.24, 2.45) is 4.99 Å². The molecule has 0 saturated carbocycles. The third-order valence-electron chi connectivity index (χ3n) is 4.44. The molecule has 0 aliphatic carbocycles. The van der Waals surface area contributed by atoms with Gasteiger partial charge < -0.3 is 10.2 Å². The number of aliphatic imine (C=N–C) groups is 1. The Bertz CT molecular complexity index is 1010. The van der Waals surface area contributed by atoms with Gasteiger partial charge in [-0.15, -0.1) is 0 Å². The number of nitrogens with one attached hydrogen (secondary N) is 3. The number of likely N-dealkylation sites (N-methyl/N-ethyl adjacent to an activating group) is 1. The van der Waals surface area contributed by atoms with Gasteiger partial charge in [-0.1, -0.05) is 18.2 Å². The van der Waals surface area contributed by atoms with E-state index in [1.54, 1.807) is 24.3 Å². The Hall–Kier alpha value is -2.78. The average Bonchev–Trinajstić information content (AvgIpc) is 3.16. The number of hydrogen-bond acceptors (Lipinski definition) is 4. The van der Waals surface area contributed by atoms with Crippen LogP contribution in [-0.2, 0) is 21.4 Å². The highest BCUT2D eigenvalue weighted by Crippen LogP contribution is 2.16. The smallest absolute Gasteiger partial charge is 0.279 e. The molecular formula is C20H24FN4O3S+. The number of amides is 1. The molecule has 0 bridgehead atoms. The zero-order valence-corrected chi connectivity index (χ0v) is 16.9. The van der Waals surface area contributed by atoms with Gasteiger partial charge in [0, 0.05) is 24.2 Å². The predicted molar refractivity (Wildman–Crippen MR) is 109 cm³/mol. The minimum absolute atomic E-state index is 0.0666. The van der Waals surface area contributed by atoms with Crippen LogP contribution in [0.15, 0.2) is 58.4 Å². The minimum atomic E-state index is -3.74. The second-order valence-corrected chi connectivity index (χ2v) is 8.73. The van der Waals surface area contributed by atoms with E-state index in [1.807, 2.05) is 7.05 Å². The summed E-state index contributed by atoms with van der Waals surface area (Å²) in [7, 11) is -1.88. The molecule has 29 heavy (non-hydrogen) atoms. The van der Waals surface area contributed by atoms with Crippen molar-refractivity contribution in [2.45, 2.75) is 24.3 Å². The van der Waals surface area contributed by atoms with Gasteiger partial charge in [-0.05, 0) is 36.8 Å². The van der Waals surface area contributed by atoms with Crippen molar-refractivity contribution in [3.63, 3.8) is 0 Å². The summed E-state index contributed by atoms with van der Waals surface area (Å²) < 4.78 is 40.5. The molecule has 2 aromatic rings. The number of anilines is 1. The molecule has 7 nitrogen and oxygen atoms in total. The van der Waals surface area contributed by atoms with Gasteiger partial charge in [-0.3, -0.25) is 14.5 Å². The highest BCUT2D eigenvalue weighted by molar-refractivity contribution is 7.90. The summed E-state index contributed by atoms with van der Waals surface area (Å²) in [5.74, 6) is -0.0776. The quantitative estimate of drug-likeness (QED) is 0.624. The van der Waals surface area contributed by atoms with E-state index in [1.165, 1.54) is 24.3 Å². The van der Waals surface area contributed by atoms with Crippen LogP contribution in [0.1, 0.15) is 18.4 Å². The second kappa shape index (κ2) is 9.15. The van der Waals surface area contributed by atoms with Crippen molar-refractivity contribution in [2.75, 3.05) is 25.5 Å². The van der Waals surface area contributed by atoms with Crippen molar-refractivity contribution in [1.82, 2.24) is 4.72 Å². The number of rotatable bonds is 7. The van der Waals surface area contributed by atoms with Gasteiger partial charge in [0.05, 0.1) is 11.9 Å².